The van der Waals surface area contributed by atoms with Gasteiger partial charge in [0.05, 0.1) is 0 Å². The van der Waals surface area contributed by atoms with Crippen molar-refractivity contribution in [3.05, 3.63) is 28.5 Å². The van der Waals surface area contributed by atoms with E-state index in [0.29, 0.717) is 0 Å². The Bertz CT molecular complexity index is 442. The van der Waals surface area contributed by atoms with E-state index in [9.17, 15) is 0 Å². The molecular weight excluding hydrogens is 328 g/mol. The SMILES string of the molecule is CN(C)C1(C(Cc2cncc(Br)c2)NN)CCCCCC1. The van der Waals surface area contributed by atoms with Crippen molar-refractivity contribution in [1.82, 2.24) is 15.3 Å². The van der Waals surface area contributed by atoms with Gasteiger partial charge in [0.25, 0.3) is 0 Å². The van der Waals surface area contributed by atoms with E-state index in [1.165, 1.54) is 44.1 Å². The van der Waals surface area contributed by atoms with Gasteiger partial charge in [0.1, 0.15) is 0 Å². The molecule has 5 heteroatoms. The number of likely N-dealkylation sites (N-methyl/N-ethyl adjacent to an activating group) is 1. The normalized spacial score (nSPS) is 20.2. The van der Waals surface area contributed by atoms with Gasteiger partial charge in [-0.1, -0.05) is 25.7 Å². The van der Waals surface area contributed by atoms with E-state index in [-0.39, 0.29) is 11.6 Å². The molecule has 2 rings (SSSR count). The van der Waals surface area contributed by atoms with Crippen molar-refractivity contribution in [2.24, 2.45) is 5.84 Å². The fraction of sp³-hybridized carbons (Fsp3) is 0.688. The van der Waals surface area contributed by atoms with Crippen LogP contribution in [-0.4, -0.2) is 35.6 Å². The molecule has 1 atom stereocenters. The number of halogens is 1. The highest BCUT2D eigenvalue weighted by atomic mass is 79.9. The molecule has 1 heterocycles. The first kappa shape index (κ1) is 16.9. The summed E-state index contributed by atoms with van der Waals surface area (Å²) in [5.41, 5.74) is 4.46. The van der Waals surface area contributed by atoms with Gasteiger partial charge in [-0.05, 0) is 60.9 Å². The Labute approximate surface area is 136 Å². The van der Waals surface area contributed by atoms with Crippen LogP contribution in [0.25, 0.3) is 0 Å². The Morgan fingerprint density at radius 3 is 2.48 bits per heavy atom. The summed E-state index contributed by atoms with van der Waals surface area (Å²) in [5.74, 6) is 5.95. The second-order valence-corrected chi connectivity index (χ2v) is 7.26. The standard InChI is InChI=1S/C16H27BrN4/c1-21(2)16(7-5-3-4-6-8-16)15(20-18)10-13-9-14(17)12-19-11-13/h9,11-12,15,20H,3-8,10,18H2,1-2H3. The molecular formula is C16H27BrN4. The Kier molecular flexibility index (Phi) is 6.17. The third-order valence-electron chi connectivity index (χ3n) is 4.91. The monoisotopic (exact) mass is 354 g/mol. The van der Waals surface area contributed by atoms with Crippen LogP contribution in [0.2, 0.25) is 0 Å². The summed E-state index contributed by atoms with van der Waals surface area (Å²) in [7, 11) is 4.38. The van der Waals surface area contributed by atoms with E-state index in [1.54, 1.807) is 0 Å². The van der Waals surface area contributed by atoms with Crippen LogP contribution in [0.1, 0.15) is 44.1 Å². The second kappa shape index (κ2) is 7.68. The summed E-state index contributed by atoms with van der Waals surface area (Å²) in [6.45, 7) is 0. The topological polar surface area (TPSA) is 54.2 Å². The minimum absolute atomic E-state index is 0.133. The Morgan fingerprint density at radius 1 is 1.29 bits per heavy atom. The van der Waals surface area contributed by atoms with Crippen LogP contribution in [0.5, 0.6) is 0 Å². The third-order valence-corrected chi connectivity index (χ3v) is 5.34. The van der Waals surface area contributed by atoms with Crippen molar-refractivity contribution in [1.29, 1.82) is 0 Å². The van der Waals surface area contributed by atoms with E-state index < -0.39 is 0 Å². The highest BCUT2D eigenvalue weighted by Gasteiger charge is 2.40. The summed E-state index contributed by atoms with van der Waals surface area (Å²) < 4.78 is 1.02. The molecule has 0 aliphatic heterocycles. The fourth-order valence-electron chi connectivity index (χ4n) is 3.66. The lowest BCUT2D eigenvalue weighted by atomic mass is 9.79. The lowest BCUT2D eigenvalue weighted by molar-refractivity contribution is 0.0801. The average Bonchev–Trinajstić information content (AvgIpc) is 2.71. The smallest absolute Gasteiger partial charge is 0.0435 e. The van der Waals surface area contributed by atoms with Gasteiger partial charge in [-0.2, -0.15) is 0 Å². The number of pyridine rings is 1. The number of nitrogens with one attached hydrogen (secondary N) is 1. The Hall–Kier alpha value is -0.490. The van der Waals surface area contributed by atoms with Crippen LogP contribution in [0.4, 0.5) is 0 Å². The molecule has 0 aromatic carbocycles. The van der Waals surface area contributed by atoms with Crippen LogP contribution in [0, 0.1) is 0 Å². The molecule has 0 saturated heterocycles. The number of nitrogens with zero attached hydrogens (tertiary/aromatic N) is 2. The van der Waals surface area contributed by atoms with Gasteiger partial charge in [0, 0.05) is 28.4 Å². The predicted octanol–water partition coefficient (Wildman–Crippen LogP) is 2.87. The predicted molar refractivity (Wildman–Crippen MR) is 90.9 cm³/mol. The number of nitrogens with two attached hydrogens (primary N) is 1. The molecule has 0 radical (unpaired) electrons. The van der Waals surface area contributed by atoms with E-state index >= 15 is 0 Å². The van der Waals surface area contributed by atoms with Gasteiger partial charge >= 0.3 is 0 Å². The highest BCUT2D eigenvalue weighted by Crippen LogP contribution is 2.35. The zero-order valence-electron chi connectivity index (χ0n) is 13.1. The van der Waals surface area contributed by atoms with Crippen LogP contribution in [0.15, 0.2) is 22.9 Å². The minimum atomic E-state index is 0.133. The largest absolute Gasteiger partial charge is 0.302 e. The van der Waals surface area contributed by atoms with Crippen LogP contribution in [-0.2, 0) is 6.42 Å². The van der Waals surface area contributed by atoms with Crippen LogP contribution in [0.3, 0.4) is 0 Å². The zero-order chi connectivity index (χ0) is 15.3. The minimum Gasteiger partial charge on any atom is -0.302 e. The van der Waals surface area contributed by atoms with Crippen molar-refractivity contribution in [2.45, 2.75) is 56.5 Å². The third kappa shape index (κ3) is 4.03. The molecule has 1 aliphatic rings. The van der Waals surface area contributed by atoms with Crippen molar-refractivity contribution in [2.75, 3.05) is 14.1 Å². The summed E-state index contributed by atoms with van der Waals surface area (Å²) in [6.07, 6.45) is 12.3. The van der Waals surface area contributed by atoms with Gasteiger partial charge in [0.2, 0.25) is 0 Å². The van der Waals surface area contributed by atoms with Gasteiger partial charge in [-0.25, -0.2) is 0 Å². The molecule has 0 spiro atoms. The first-order valence-corrected chi connectivity index (χ1v) is 8.61. The molecule has 1 saturated carbocycles. The maximum Gasteiger partial charge on any atom is 0.0435 e. The van der Waals surface area contributed by atoms with Gasteiger partial charge in [-0.3, -0.25) is 16.3 Å². The number of aromatic nitrogens is 1. The quantitative estimate of drug-likeness (QED) is 0.485. The summed E-state index contributed by atoms with van der Waals surface area (Å²) in [5, 5.41) is 0. The molecule has 3 N–H and O–H groups in total. The number of hydrogen-bond donors (Lipinski definition) is 2. The van der Waals surface area contributed by atoms with Crippen molar-refractivity contribution >= 4 is 15.9 Å². The van der Waals surface area contributed by atoms with Crippen molar-refractivity contribution in [3.8, 4) is 0 Å². The van der Waals surface area contributed by atoms with Crippen LogP contribution >= 0.6 is 15.9 Å². The average molecular weight is 355 g/mol. The first-order valence-electron chi connectivity index (χ1n) is 7.81. The van der Waals surface area contributed by atoms with Gasteiger partial charge in [-0.15, -0.1) is 0 Å². The van der Waals surface area contributed by atoms with E-state index in [1.807, 2.05) is 12.4 Å². The molecule has 1 aromatic rings. The Balaban J connectivity index is 2.23. The summed E-state index contributed by atoms with van der Waals surface area (Å²) in [4.78, 5) is 6.66. The molecule has 1 unspecified atom stereocenters. The number of rotatable bonds is 5. The lowest BCUT2D eigenvalue weighted by Gasteiger charge is -2.45. The molecule has 21 heavy (non-hydrogen) atoms. The van der Waals surface area contributed by atoms with E-state index in [2.05, 4.69) is 51.4 Å². The van der Waals surface area contributed by atoms with E-state index in [4.69, 9.17) is 5.84 Å². The maximum atomic E-state index is 5.95. The fourth-order valence-corrected chi connectivity index (χ4v) is 4.07. The molecule has 4 nitrogen and oxygen atoms in total. The van der Waals surface area contributed by atoms with Crippen molar-refractivity contribution < 1.29 is 0 Å². The molecule has 1 aliphatic carbocycles. The number of hydrogen-bond acceptors (Lipinski definition) is 4. The molecule has 0 amide bonds. The number of hydrazine groups is 1. The van der Waals surface area contributed by atoms with Crippen molar-refractivity contribution in [3.63, 3.8) is 0 Å². The highest BCUT2D eigenvalue weighted by molar-refractivity contribution is 9.10. The maximum absolute atomic E-state index is 5.95. The molecule has 118 valence electrons. The van der Waals surface area contributed by atoms with Crippen LogP contribution < -0.4 is 11.3 Å². The summed E-state index contributed by atoms with van der Waals surface area (Å²) >= 11 is 3.50. The van der Waals surface area contributed by atoms with Gasteiger partial charge < -0.3 is 4.90 Å². The molecule has 1 fully saturated rings. The second-order valence-electron chi connectivity index (χ2n) is 6.35. The molecule has 0 bridgehead atoms. The lowest BCUT2D eigenvalue weighted by Crippen LogP contribution is -2.61. The zero-order valence-corrected chi connectivity index (χ0v) is 14.7. The molecule has 1 aromatic heterocycles. The summed E-state index contributed by atoms with van der Waals surface area (Å²) in [6, 6.07) is 2.37. The van der Waals surface area contributed by atoms with Gasteiger partial charge in [0.15, 0.2) is 0 Å². The Morgan fingerprint density at radius 2 is 1.95 bits per heavy atom. The first-order chi connectivity index (χ1) is 10.1. The van der Waals surface area contributed by atoms with E-state index in [0.717, 1.165) is 10.9 Å².